The molecule has 1 atom stereocenters. The fourth-order valence-corrected chi connectivity index (χ4v) is 5.39. The van der Waals surface area contributed by atoms with Gasteiger partial charge in [-0.2, -0.15) is 5.26 Å². The molecule has 0 saturated heterocycles. The van der Waals surface area contributed by atoms with Crippen LogP contribution in [0.15, 0.2) is 47.4 Å². The van der Waals surface area contributed by atoms with E-state index in [0.29, 0.717) is 18.4 Å². The van der Waals surface area contributed by atoms with Crippen LogP contribution in [0.25, 0.3) is 0 Å². The van der Waals surface area contributed by atoms with Gasteiger partial charge in [-0.15, -0.1) is 0 Å². The Morgan fingerprint density at radius 1 is 1.09 bits per heavy atom. The zero-order chi connectivity index (χ0) is 24.9. The second-order valence-corrected chi connectivity index (χ2v) is 10.4. The van der Waals surface area contributed by atoms with Gasteiger partial charge in [-0.3, -0.25) is 9.52 Å². The van der Waals surface area contributed by atoms with E-state index in [0.717, 1.165) is 24.8 Å². The van der Waals surface area contributed by atoms with Crippen molar-refractivity contribution in [1.82, 2.24) is 5.32 Å². The van der Waals surface area contributed by atoms with Crippen LogP contribution in [0, 0.1) is 25.2 Å². The summed E-state index contributed by atoms with van der Waals surface area (Å²) in [6.45, 7) is 4.90. The molecule has 1 saturated carbocycles. The highest BCUT2D eigenvalue weighted by molar-refractivity contribution is 7.92. The van der Waals surface area contributed by atoms with Crippen LogP contribution in [-0.4, -0.2) is 31.9 Å². The largest absolute Gasteiger partial charge is 0.449 e. The number of carbonyl (C=O) groups is 2. The summed E-state index contributed by atoms with van der Waals surface area (Å²) in [6.07, 6.45) is 2.64. The first-order valence-corrected chi connectivity index (χ1v) is 12.7. The smallest absolute Gasteiger partial charge is 0.341 e. The monoisotopic (exact) mass is 483 g/mol. The SMILES string of the molecule is Cc1ccc(C)c(S(=O)(=O)Nc2ccccc2C(=O)O[C@H](C)C(=O)NC2(C#N)CCCCC2)c1. The molecular weight excluding hydrogens is 454 g/mol. The van der Waals surface area contributed by atoms with E-state index in [1.54, 1.807) is 38.1 Å². The molecule has 0 aromatic heterocycles. The van der Waals surface area contributed by atoms with Crippen LogP contribution in [0.2, 0.25) is 0 Å². The van der Waals surface area contributed by atoms with Crippen LogP contribution in [0.1, 0.15) is 60.5 Å². The van der Waals surface area contributed by atoms with Gasteiger partial charge in [0.15, 0.2) is 6.10 Å². The Kier molecular flexibility index (Phi) is 7.62. The van der Waals surface area contributed by atoms with Crippen molar-refractivity contribution in [3.8, 4) is 6.07 Å². The van der Waals surface area contributed by atoms with E-state index in [1.807, 2.05) is 6.07 Å². The second-order valence-electron chi connectivity index (χ2n) is 8.71. The third-order valence-corrected chi connectivity index (χ3v) is 7.47. The van der Waals surface area contributed by atoms with Crippen molar-refractivity contribution in [2.24, 2.45) is 0 Å². The van der Waals surface area contributed by atoms with Gasteiger partial charge in [0, 0.05) is 0 Å². The molecule has 2 aromatic carbocycles. The number of hydrogen-bond acceptors (Lipinski definition) is 6. The number of sulfonamides is 1. The molecule has 0 bridgehead atoms. The molecule has 1 amide bonds. The number of carbonyl (C=O) groups excluding carboxylic acids is 2. The number of nitriles is 1. The van der Waals surface area contributed by atoms with E-state index in [-0.39, 0.29) is 16.1 Å². The number of aryl methyl sites for hydroxylation is 2. The molecule has 8 nitrogen and oxygen atoms in total. The average Bonchev–Trinajstić information content (AvgIpc) is 2.81. The number of hydrogen-bond donors (Lipinski definition) is 2. The van der Waals surface area contributed by atoms with Crippen molar-refractivity contribution in [3.05, 3.63) is 59.2 Å². The van der Waals surface area contributed by atoms with Crippen molar-refractivity contribution in [2.75, 3.05) is 4.72 Å². The van der Waals surface area contributed by atoms with Crippen LogP contribution in [0.5, 0.6) is 0 Å². The summed E-state index contributed by atoms with van der Waals surface area (Å²) in [5.74, 6) is -1.41. The van der Waals surface area contributed by atoms with Crippen molar-refractivity contribution in [3.63, 3.8) is 0 Å². The molecule has 1 aliphatic rings. The predicted octanol–water partition coefficient (Wildman–Crippen LogP) is 3.99. The van der Waals surface area contributed by atoms with Crippen LogP contribution in [0.4, 0.5) is 5.69 Å². The normalized spacial score (nSPS) is 16.1. The first-order chi connectivity index (χ1) is 16.1. The second kappa shape index (κ2) is 10.3. The Morgan fingerprint density at radius 2 is 1.76 bits per heavy atom. The predicted molar refractivity (Wildman–Crippen MR) is 128 cm³/mol. The number of rotatable bonds is 7. The molecule has 2 aromatic rings. The number of esters is 1. The molecule has 0 aliphatic heterocycles. The molecule has 180 valence electrons. The third-order valence-electron chi connectivity index (χ3n) is 5.96. The van der Waals surface area contributed by atoms with Gasteiger partial charge in [0.05, 0.1) is 22.2 Å². The Labute approximate surface area is 200 Å². The lowest BCUT2D eigenvalue weighted by molar-refractivity contribution is -0.130. The number of para-hydroxylation sites is 1. The maximum absolute atomic E-state index is 13.0. The van der Waals surface area contributed by atoms with Gasteiger partial charge in [0.25, 0.3) is 15.9 Å². The molecule has 1 fully saturated rings. The number of nitrogens with zero attached hydrogens (tertiary/aromatic N) is 1. The quantitative estimate of drug-likeness (QED) is 0.574. The molecule has 0 radical (unpaired) electrons. The molecule has 0 heterocycles. The lowest BCUT2D eigenvalue weighted by Crippen LogP contribution is -2.52. The van der Waals surface area contributed by atoms with Crippen LogP contribution in [0.3, 0.4) is 0 Å². The summed E-state index contributed by atoms with van der Waals surface area (Å²) in [7, 11) is -3.97. The van der Waals surface area contributed by atoms with Gasteiger partial charge < -0.3 is 10.1 Å². The van der Waals surface area contributed by atoms with E-state index in [1.165, 1.54) is 19.1 Å². The minimum atomic E-state index is -3.97. The van der Waals surface area contributed by atoms with Gasteiger partial charge in [-0.05, 0) is 62.9 Å². The summed E-state index contributed by atoms with van der Waals surface area (Å²) >= 11 is 0. The van der Waals surface area contributed by atoms with E-state index in [4.69, 9.17) is 4.74 Å². The van der Waals surface area contributed by atoms with Crippen LogP contribution in [-0.2, 0) is 19.6 Å². The van der Waals surface area contributed by atoms with Crippen LogP contribution < -0.4 is 10.0 Å². The summed E-state index contributed by atoms with van der Waals surface area (Å²) in [5, 5.41) is 12.3. The van der Waals surface area contributed by atoms with E-state index >= 15 is 0 Å². The lowest BCUT2D eigenvalue weighted by Gasteiger charge is -2.32. The van der Waals surface area contributed by atoms with E-state index < -0.39 is 33.5 Å². The van der Waals surface area contributed by atoms with Crippen molar-refractivity contribution in [1.29, 1.82) is 5.26 Å². The third kappa shape index (κ3) is 5.75. The number of ether oxygens (including phenoxy) is 1. The summed E-state index contributed by atoms with van der Waals surface area (Å²) < 4.78 is 33.8. The van der Waals surface area contributed by atoms with Gasteiger partial charge in [-0.1, -0.05) is 43.5 Å². The minimum Gasteiger partial charge on any atom is -0.449 e. The van der Waals surface area contributed by atoms with Gasteiger partial charge in [0.2, 0.25) is 0 Å². The zero-order valence-corrected chi connectivity index (χ0v) is 20.4. The summed E-state index contributed by atoms with van der Waals surface area (Å²) in [6, 6.07) is 13.3. The Bertz CT molecular complexity index is 1230. The molecule has 34 heavy (non-hydrogen) atoms. The molecule has 9 heteroatoms. The summed E-state index contributed by atoms with van der Waals surface area (Å²) in [5.41, 5.74) is 0.421. The Balaban J connectivity index is 1.76. The lowest BCUT2D eigenvalue weighted by atomic mass is 9.83. The topological polar surface area (TPSA) is 125 Å². The van der Waals surface area contributed by atoms with E-state index in [9.17, 15) is 23.3 Å². The first-order valence-electron chi connectivity index (χ1n) is 11.2. The molecule has 0 spiro atoms. The number of nitrogens with one attached hydrogen (secondary N) is 2. The number of benzene rings is 2. The molecule has 3 rings (SSSR count). The fraction of sp³-hybridized carbons (Fsp3) is 0.400. The zero-order valence-electron chi connectivity index (χ0n) is 19.6. The van der Waals surface area contributed by atoms with Crippen LogP contribution >= 0.6 is 0 Å². The maximum atomic E-state index is 13.0. The Hall–Kier alpha value is -3.38. The average molecular weight is 484 g/mol. The maximum Gasteiger partial charge on any atom is 0.341 e. The highest BCUT2D eigenvalue weighted by atomic mass is 32.2. The molecule has 0 unspecified atom stereocenters. The van der Waals surface area contributed by atoms with Crippen molar-refractivity contribution < 1.29 is 22.7 Å². The summed E-state index contributed by atoms with van der Waals surface area (Å²) in [4.78, 5) is 25.6. The van der Waals surface area contributed by atoms with Gasteiger partial charge in [0.1, 0.15) is 5.54 Å². The number of anilines is 1. The standard InChI is InChI=1S/C25H29N3O5S/c1-17-11-12-18(2)22(15-17)34(31,32)28-21-10-6-5-9-20(21)24(30)33-19(3)23(29)27-25(16-26)13-7-4-8-14-25/h5-6,9-12,15,19,28H,4,7-8,13-14H2,1-3H3,(H,27,29)/t19-/m1/s1. The fourth-order valence-electron chi connectivity index (χ4n) is 3.98. The number of amides is 1. The van der Waals surface area contributed by atoms with Crippen molar-refractivity contribution in [2.45, 2.75) is 69.4 Å². The van der Waals surface area contributed by atoms with E-state index in [2.05, 4.69) is 16.1 Å². The molecule has 2 N–H and O–H groups in total. The highest BCUT2D eigenvalue weighted by Crippen LogP contribution is 2.28. The highest BCUT2D eigenvalue weighted by Gasteiger charge is 2.35. The van der Waals surface area contributed by atoms with Gasteiger partial charge in [-0.25, -0.2) is 13.2 Å². The first kappa shape index (κ1) is 25.2. The van der Waals surface area contributed by atoms with Gasteiger partial charge >= 0.3 is 5.97 Å². The molecule has 1 aliphatic carbocycles. The van der Waals surface area contributed by atoms with Crippen molar-refractivity contribution >= 4 is 27.6 Å². The Morgan fingerprint density at radius 3 is 2.44 bits per heavy atom. The molecular formula is C25H29N3O5S. The minimum absolute atomic E-state index is 0.0244.